The summed E-state index contributed by atoms with van der Waals surface area (Å²) >= 11 is 3.56. The highest BCUT2D eigenvalue weighted by Crippen LogP contribution is 2.41. The summed E-state index contributed by atoms with van der Waals surface area (Å²) < 4.78 is 33.1. The van der Waals surface area contributed by atoms with Gasteiger partial charge in [0.1, 0.15) is 17.6 Å². The van der Waals surface area contributed by atoms with Gasteiger partial charge in [-0.05, 0) is 89.5 Å². The number of amides is 4. The number of para-hydroxylation sites is 1. The number of fused-ring (bicyclic) bond motifs is 2. The predicted molar refractivity (Wildman–Crippen MR) is 258 cm³/mol. The number of carbonyl (C=O) groups excluding carboxylic acids is 4. The number of hydrogen-bond acceptors (Lipinski definition) is 14. The smallest absolute Gasteiger partial charge is 0.255 e. The molecule has 1 aromatic heterocycles. The molecule has 4 amide bonds. The molecule has 3 aromatic carbocycles. The van der Waals surface area contributed by atoms with Gasteiger partial charge < -0.3 is 35.0 Å². The number of rotatable bonds is 11. The summed E-state index contributed by atoms with van der Waals surface area (Å²) in [7, 11) is -1.81. The van der Waals surface area contributed by atoms with Gasteiger partial charge in [-0.1, -0.05) is 18.2 Å². The number of ether oxygens (including phenoxy) is 1. The van der Waals surface area contributed by atoms with Gasteiger partial charge in [0.15, 0.2) is 0 Å². The molecule has 6 aliphatic rings. The number of nitrogens with zero attached hydrogens (tertiary/aromatic N) is 8. The number of methoxy groups -OCH3 is 1. The number of piperidine rings is 2. The second-order valence-electron chi connectivity index (χ2n) is 18.3. The number of anilines is 7. The molecule has 1 atom stereocenters. The fraction of sp³-hybridized carbons (Fsp3) is 0.447. The van der Waals surface area contributed by atoms with Crippen LogP contribution in [0, 0.1) is 12.8 Å². The Morgan fingerprint density at radius 2 is 1.66 bits per heavy atom. The lowest BCUT2D eigenvalue weighted by molar-refractivity contribution is -0.139. The van der Waals surface area contributed by atoms with Crippen LogP contribution in [0.2, 0.25) is 0 Å². The van der Waals surface area contributed by atoms with Crippen molar-refractivity contribution in [3.05, 3.63) is 81.5 Å². The Morgan fingerprint density at radius 3 is 2.39 bits per heavy atom. The fourth-order valence-corrected chi connectivity index (χ4v) is 11.8. The van der Waals surface area contributed by atoms with E-state index in [1.54, 1.807) is 18.2 Å². The molecule has 1 unspecified atom stereocenters. The molecule has 0 bridgehead atoms. The molecule has 0 spiro atoms. The van der Waals surface area contributed by atoms with Gasteiger partial charge in [-0.2, -0.15) is 4.98 Å². The maximum absolute atomic E-state index is 13.6. The molecule has 10 rings (SSSR count). The van der Waals surface area contributed by atoms with Crippen molar-refractivity contribution in [2.24, 2.45) is 5.92 Å². The molecule has 20 heteroatoms. The topological polar surface area (TPSA) is 193 Å². The van der Waals surface area contributed by atoms with Crippen molar-refractivity contribution in [3.63, 3.8) is 0 Å². The SMILES string of the molecule is COc1cc(N2CCC(N3CCN(C(=O)C4CN(c5ccc6c(c5)C(=O)N(C5CCC(=O)NC5=O)C6)C4)CC3)CC2)c(C)cc1Nc1ncc(Br)c(Nc2cccc3c2N(S(C)(=O)=O)CC3)n1. The third-order valence-corrected chi connectivity index (χ3v) is 15.9. The fourth-order valence-electron chi connectivity index (χ4n) is 10.5. The number of carbonyl (C=O) groups is 4. The van der Waals surface area contributed by atoms with Gasteiger partial charge in [-0.15, -0.1) is 0 Å². The van der Waals surface area contributed by atoms with E-state index in [0.29, 0.717) is 97.1 Å². The molecule has 18 nitrogen and oxygen atoms in total. The normalized spacial score (nSPS) is 20.4. The number of imide groups is 1. The van der Waals surface area contributed by atoms with Gasteiger partial charge in [-0.3, -0.25) is 33.7 Å². The lowest BCUT2D eigenvalue weighted by atomic mass is 9.95. The first-order valence-corrected chi connectivity index (χ1v) is 25.5. The van der Waals surface area contributed by atoms with Crippen molar-refractivity contribution in [1.82, 2.24) is 30.0 Å². The standard InChI is InChI=1S/C47H54BrN11O7S/c1-28-21-37(51-47-49-24-35(48)43(53-47)50-36-6-4-5-29-11-16-59(42(29)36)67(3,64)65)40(66-2)23-39(28)55-14-12-32(13-15-55)54-17-19-56(20-18-54)45(62)31-25-57(26-31)33-8-7-30-27-58(46(63)34(30)22-33)38-9-10-41(60)52-44(38)61/h4-8,21-24,31-32,38H,9-20,25-27H2,1-3H3,(H,52,60,61)(H2,49,50,51,53). The van der Waals surface area contributed by atoms with Gasteiger partial charge in [0, 0.05) is 107 Å². The van der Waals surface area contributed by atoms with Crippen LogP contribution >= 0.6 is 15.9 Å². The van der Waals surface area contributed by atoms with E-state index in [0.717, 1.165) is 72.8 Å². The highest BCUT2D eigenvalue weighted by Gasteiger charge is 2.41. The van der Waals surface area contributed by atoms with E-state index in [9.17, 15) is 27.6 Å². The zero-order valence-electron chi connectivity index (χ0n) is 37.8. The lowest BCUT2D eigenvalue weighted by Crippen LogP contribution is -2.59. The van der Waals surface area contributed by atoms with Crippen molar-refractivity contribution in [1.29, 1.82) is 0 Å². The zero-order chi connectivity index (χ0) is 46.7. The van der Waals surface area contributed by atoms with Gasteiger partial charge >= 0.3 is 0 Å². The Balaban J connectivity index is 0.705. The van der Waals surface area contributed by atoms with Crippen molar-refractivity contribution < 1.29 is 32.3 Å². The molecular formula is C47H54BrN11O7S. The Labute approximate surface area is 398 Å². The first-order chi connectivity index (χ1) is 32.2. The molecule has 3 N–H and O–H groups in total. The highest BCUT2D eigenvalue weighted by molar-refractivity contribution is 9.10. The number of hydrogen-bond donors (Lipinski definition) is 3. The minimum atomic E-state index is -3.45. The van der Waals surface area contributed by atoms with E-state index < -0.39 is 22.0 Å². The Bertz CT molecular complexity index is 2770. The summed E-state index contributed by atoms with van der Waals surface area (Å²) in [5, 5.41) is 9.03. The maximum atomic E-state index is 13.6. The molecule has 6 aliphatic heterocycles. The van der Waals surface area contributed by atoms with Gasteiger partial charge in [0.05, 0.1) is 40.8 Å². The van der Waals surface area contributed by atoms with E-state index in [1.165, 1.54) is 10.6 Å². The van der Waals surface area contributed by atoms with Crippen molar-refractivity contribution in [2.45, 2.75) is 57.7 Å². The third kappa shape index (κ3) is 8.74. The van der Waals surface area contributed by atoms with Crippen molar-refractivity contribution >= 4 is 89.8 Å². The molecule has 7 heterocycles. The van der Waals surface area contributed by atoms with Crippen LogP contribution < -0.4 is 34.8 Å². The molecule has 352 valence electrons. The summed E-state index contributed by atoms with van der Waals surface area (Å²) in [4.78, 5) is 71.0. The Morgan fingerprint density at radius 1 is 0.881 bits per heavy atom. The largest absolute Gasteiger partial charge is 0.494 e. The van der Waals surface area contributed by atoms with Crippen molar-refractivity contribution in [2.75, 3.05) is 97.0 Å². The van der Waals surface area contributed by atoms with Gasteiger partial charge in [0.25, 0.3) is 5.91 Å². The van der Waals surface area contributed by atoms with Crippen LogP contribution in [0.25, 0.3) is 0 Å². The number of aromatic nitrogens is 2. The number of sulfonamides is 1. The quantitative estimate of drug-likeness (QED) is 0.180. The molecule has 4 saturated heterocycles. The van der Waals surface area contributed by atoms with E-state index >= 15 is 0 Å². The molecular weight excluding hydrogens is 943 g/mol. The van der Waals surface area contributed by atoms with Crippen LogP contribution in [0.5, 0.6) is 5.75 Å². The van der Waals surface area contributed by atoms with E-state index in [2.05, 4.69) is 70.6 Å². The number of aryl methyl sites for hydroxylation is 1. The molecule has 0 radical (unpaired) electrons. The van der Waals surface area contributed by atoms with E-state index in [4.69, 9.17) is 9.72 Å². The molecule has 4 fully saturated rings. The Kier molecular flexibility index (Phi) is 12.0. The molecule has 0 saturated carbocycles. The summed E-state index contributed by atoms with van der Waals surface area (Å²) in [5.74, 6) is 0.669. The lowest BCUT2D eigenvalue weighted by Gasteiger charge is -2.46. The van der Waals surface area contributed by atoms with E-state index in [1.807, 2.05) is 41.3 Å². The predicted octanol–water partition coefficient (Wildman–Crippen LogP) is 4.38. The average molecular weight is 997 g/mol. The second-order valence-corrected chi connectivity index (χ2v) is 21.1. The monoisotopic (exact) mass is 995 g/mol. The minimum Gasteiger partial charge on any atom is -0.494 e. The van der Waals surface area contributed by atoms with Gasteiger partial charge in [0.2, 0.25) is 33.7 Å². The zero-order valence-corrected chi connectivity index (χ0v) is 40.2. The summed E-state index contributed by atoms with van der Waals surface area (Å²) in [6.07, 6.45) is 6.08. The van der Waals surface area contributed by atoms with Crippen LogP contribution in [0.3, 0.4) is 0 Å². The van der Waals surface area contributed by atoms with Crippen LogP contribution in [0.15, 0.2) is 59.2 Å². The van der Waals surface area contributed by atoms with Crippen LogP contribution in [0.4, 0.5) is 40.2 Å². The first-order valence-electron chi connectivity index (χ1n) is 22.9. The average Bonchev–Trinajstić information content (AvgIpc) is 3.89. The van der Waals surface area contributed by atoms with Crippen LogP contribution in [0.1, 0.15) is 52.7 Å². The highest BCUT2D eigenvalue weighted by atomic mass is 79.9. The summed E-state index contributed by atoms with van der Waals surface area (Å²) in [5.41, 5.74) is 7.48. The van der Waals surface area contributed by atoms with Crippen LogP contribution in [-0.2, 0) is 37.4 Å². The van der Waals surface area contributed by atoms with E-state index in [-0.39, 0.29) is 30.1 Å². The second kappa shape index (κ2) is 17.9. The minimum absolute atomic E-state index is 0.0882. The molecule has 4 aromatic rings. The number of halogens is 1. The summed E-state index contributed by atoms with van der Waals surface area (Å²) in [6, 6.07) is 15.4. The molecule has 67 heavy (non-hydrogen) atoms. The Hall–Kier alpha value is -5.99. The third-order valence-electron chi connectivity index (χ3n) is 14.2. The summed E-state index contributed by atoms with van der Waals surface area (Å²) in [6.45, 7) is 8.93. The van der Waals surface area contributed by atoms with Crippen molar-refractivity contribution in [3.8, 4) is 5.75 Å². The first kappa shape index (κ1) is 44.8. The number of nitrogens with one attached hydrogen (secondary N) is 3. The van der Waals surface area contributed by atoms with Crippen LogP contribution in [-0.4, -0.2) is 141 Å². The number of piperazine rings is 1. The maximum Gasteiger partial charge on any atom is 0.255 e. The number of benzene rings is 3. The molecule has 0 aliphatic carbocycles. The van der Waals surface area contributed by atoms with Gasteiger partial charge in [-0.25, -0.2) is 13.4 Å².